The van der Waals surface area contributed by atoms with Crippen LogP contribution in [-0.2, 0) is 14.4 Å². The molecule has 2 aliphatic heterocycles. The maximum Gasteiger partial charge on any atom is 0.228 e. The SMILES string of the molecule is COc1ccccc1N1C[C@H](C(=O)N2CCC(C(N)=O)CC2)CC1=O. The molecule has 0 aromatic heterocycles. The second-order valence-corrected chi connectivity index (χ2v) is 6.58. The molecule has 0 radical (unpaired) electrons. The first-order chi connectivity index (χ1) is 12.0. The highest BCUT2D eigenvalue weighted by atomic mass is 16.5. The van der Waals surface area contributed by atoms with Crippen LogP contribution >= 0.6 is 0 Å². The molecule has 134 valence electrons. The number of hydrogen-bond donors (Lipinski definition) is 1. The van der Waals surface area contributed by atoms with Crippen molar-refractivity contribution in [2.75, 3.05) is 31.6 Å². The molecule has 0 aliphatic carbocycles. The van der Waals surface area contributed by atoms with Gasteiger partial charge in [0.1, 0.15) is 5.75 Å². The monoisotopic (exact) mass is 345 g/mol. The molecule has 2 heterocycles. The molecule has 0 unspecified atom stereocenters. The molecular formula is C18H23N3O4. The fourth-order valence-electron chi connectivity index (χ4n) is 3.60. The van der Waals surface area contributed by atoms with Crippen LogP contribution in [-0.4, -0.2) is 49.4 Å². The van der Waals surface area contributed by atoms with E-state index in [-0.39, 0.29) is 36.0 Å². The number of likely N-dealkylation sites (tertiary alicyclic amines) is 1. The lowest BCUT2D eigenvalue weighted by molar-refractivity contribution is -0.138. The molecule has 0 spiro atoms. The van der Waals surface area contributed by atoms with E-state index in [2.05, 4.69) is 0 Å². The summed E-state index contributed by atoms with van der Waals surface area (Å²) in [5.74, 6) is -0.290. The average molecular weight is 345 g/mol. The number of benzene rings is 1. The molecule has 0 bridgehead atoms. The van der Waals surface area contributed by atoms with Crippen molar-refractivity contribution in [2.45, 2.75) is 19.3 Å². The maximum absolute atomic E-state index is 12.8. The Labute approximate surface area is 146 Å². The standard InChI is InChI=1S/C18H23N3O4/c1-25-15-5-3-2-4-14(15)21-11-13(10-16(21)22)18(24)20-8-6-12(7-9-20)17(19)23/h2-5,12-13H,6-11H2,1H3,(H2,19,23)/t13-/m1/s1. The summed E-state index contributed by atoms with van der Waals surface area (Å²) in [5.41, 5.74) is 6.03. The molecule has 2 fully saturated rings. The van der Waals surface area contributed by atoms with Crippen LogP contribution in [0.4, 0.5) is 5.69 Å². The minimum absolute atomic E-state index is 0.0198. The Morgan fingerprint density at radius 3 is 2.48 bits per heavy atom. The zero-order chi connectivity index (χ0) is 18.0. The number of hydrogen-bond acceptors (Lipinski definition) is 4. The number of nitrogens with two attached hydrogens (primary N) is 1. The van der Waals surface area contributed by atoms with Gasteiger partial charge in [-0.15, -0.1) is 0 Å². The first-order valence-corrected chi connectivity index (χ1v) is 8.52. The minimum Gasteiger partial charge on any atom is -0.495 e. The number of carbonyl (C=O) groups excluding carboxylic acids is 3. The Morgan fingerprint density at radius 1 is 1.16 bits per heavy atom. The summed E-state index contributed by atoms with van der Waals surface area (Å²) in [6.45, 7) is 1.39. The average Bonchev–Trinajstić information content (AvgIpc) is 3.02. The van der Waals surface area contributed by atoms with Crippen LogP contribution in [0.1, 0.15) is 19.3 Å². The molecule has 3 rings (SSSR count). The van der Waals surface area contributed by atoms with E-state index in [1.165, 1.54) is 0 Å². The second kappa shape index (κ2) is 7.13. The fraction of sp³-hybridized carbons (Fsp3) is 0.500. The number of piperidine rings is 1. The van der Waals surface area contributed by atoms with Crippen molar-refractivity contribution >= 4 is 23.4 Å². The van der Waals surface area contributed by atoms with Gasteiger partial charge in [-0.3, -0.25) is 14.4 Å². The summed E-state index contributed by atoms with van der Waals surface area (Å²) in [5, 5.41) is 0. The van der Waals surface area contributed by atoms with E-state index < -0.39 is 0 Å². The Kier molecular flexibility index (Phi) is 4.92. The van der Waals surface area contributed by atoms with Crippen molar-refractivity contribution in [1.29, 1.82) is 0 Å². The number of anilines is 1. The molecule has 1 aromatic carbocycles. The van der Waals surface area contributed by atoms with Crippen LogP contribution < -0.4 is 15.4 Å². The van der Waals surface area contributed by atoms with Crippen molar-refractivity contribution in [3.63, 3.8) is 0 Å². The van der Waals surface area contributed by atoms with Crippen molar-refractivity contribution in [1.82, 2.24) is 4.90 Å². The molecule has 7 nitrogen and oxygen atoms in total. The third-order valence-corrected chi connectivity index (χ3v) is 5.06. The van der Waals surface area contributed by atoms with Gasteiger partial charge in [-0.25, -0.2) is 0 Å². The van der Waals surface area contributed by atoms with Crippen molar-refractivity contribution in [2.24, 2.45) is 17.6 Å². The van der Waals surface area contributed by atoms with E-state index in [1.807, 2.05) is 18.2 Å². The van der Waals surface area contributed by atoms with Crippen LogP contribution in [0, 0.1) is 11.8 Å². The van der Waals surface area contributed by atoms with Crippen LogP contribution in [0.5, 0.6) is 5.75 Å². The number of rotatable bonds is 4. The van der Waals surface area contributed by atoms with E-state index in [9.17, 15) is 14.4 Å². The summed E-state index contributed by atoms with van der Waals surface area (Å²) in [6.07, 6.45) is 1.39. The first-order valence-electron chi connectivity index (χ1n) is 8.52. The van der Waals surface area contributed by atoms with Gasteiger partial charge in [0, 0.05) is 32.0 Å². The normalized spacial score (nSPS) is 21.5. The van der Waals surface area contributed by atoms with Crippen molar-refractivity contribution < 1.29 is 19.1 Å². The summed E-state index contributed by atoms with van der Waals surface area (Å²) < 4.78 is 5.32. The summed E-state index contributed by atoms with van der Waals surface area (Å²) >= 11 is 0. The van der Waals surface area contributed by atoms with Crippen molar-refractivity contribution in [3.8, 4) is 5.75 Å². The largest absolute Gasteiger partial charge is 0.495 e. The molecule has 2 saturated heterocycles. The Bertz CT molecular complexity index is 683. The van der Waals surface area contributed by atoms with Gasteiger partial charge in [-0.1, -0.05) is 12.1 Å². The Balaban J connectivity index is 1.66. The quantitative estimate of drug-likeness (QED) is 0.872. The lowest BCUT2D eigenvalue weighted by Gasteiger charge is -2.32. The van der Waals surface area contributed by atoms with Gasteiger partial charge in [-0.2, -0.15) is 0 Å². The molecule has 7 heteroatoms. The minimum atomic E-state index is -0.359. The Hall–Kier alpha value is -2.57. The van der Waals surface area contributed by atoms with Gasteiger partial charge in [0.15, 0.2) is 0 Å². The lowest BCUT2D eigenvalue weighted by Crippen LogP contribution is -2.44. The summed E-state index contributed by atoms with van der Waals surface area (Å²) in [6, 6.07) is 7.30. The molecule has 2 N–H and O–H groups in total. The topological polar surface area (TPSA) is 92.9 Å². The second-order valence-electron chi connectivity index (χ2n) is 6.58. The third-order valence-electron chi connectivity index (χ3n) is 5.06. The van der Waals surface area contributed by atoms with E-state index in [1.54, 1.807) is 23.0 Å². The van der Waals surface area contributed by atoms with Crippen LogP contribution in [0.15, 0.2) is 24.3 Å². The maximum atomic E-state index is 12.8. The van der Waals surface area contributed by atoms with Gasteiger partial charge in [0.2, 0.25) is 17.7 Å². The molecule has 3 amide bonds. The van der Waals surface area contributed by atoms with Gasteiger partial charge in [0.05, 0.1) is 18.7 Å². The highest BCUT2D eigenvalue weighted by Crippen LogP contribution is 2.33. The molecule has 1 atom stereocenters. The summed E-state index contributed by atoms with van der Waals surface area (Å²) in [7, 11) is 1.56. The smallest absolute Gasteiger partial charge is 0.228 e. The van der Waals surface area contributed by atoms with Crippen molar-refractivity contribution in [3.05, 3.63) is 24.3 Å². The van der Waals surface area contributed by atoms with E-state index >= 15 is 0 Å². The number of amides is 3. The summed E-state index contributed by atoms with van der Waals surface area (Å²) in [4.78, 5) is 39.8. The number of ether oxygens (including phenoxy) is 1. The fourth-order valence-corrected chi connectivity index (χ4v) is 3.60. The van der Waals surface area contributed by atoms with Gasteiger partial charge in [-0.05, 0) is 25.0 Å². The van der Waals surface area contributed by atoms with Gasteiger partial charge in [0.25, 0.3) is 0 Å². The van der Waals surface area contributed by atoms with E-state index in [0.29, 0.717) is 43.9 Å². The molecule has 0 saturated carbocycles. The van der Waals surface area contributed by atoms with Crippen LogP contribution in [0.3, 0.4) is 0 Å². The third kappa shape index (κ3) is 3.45. The highest BCUT2D eigenvalue weighted by Gasteiger charge is 2.39. The Morgan fingerprint density at radius 2 is 1.84 bits per heavy atom. The number of primary amides is 1. The van der Waals surface area contributed by atoms with E-state index in [4.69, 9.17) is 10.5 Å². The van der Waals surface area contributed by atoms with Gasteiger partial charge < -0.3 is 20.3 Å². The van der Waals surface area contributed by atoms with Gasteiger partial charge >= 0.3 is 0 Å². The molecular weight excluding hydrogens is 322 g/mol. The number of para-hydroxylation sites is 2. The first kappa shape index (κ1) is 17.3. The van der Waals surface area contributed by atoms with Crippen LogP contribution in [0.25, 0.3) is 0 Å². The molecule has 25 heavy (non-hydrogen) atoms. The zero-order valence-electron chi connectivity index (χ0n) is 14.3. The highest BCUT2D eigenvalue weighted by molar-refractivity contribution is 6.01. The predicted octanol–water partition coefficient (Wildman–Crippen LogP) is 0.772. The lowest BCUT2D eigenvalue weighted by atomic mass is 9.95. The zero-order valence-corrected chi connectivity index (χ0v) is 14.3. The van der Waals surface area contributed by atoms with E-state index in [0.717, 1.165) is 0 Å². The number of nitrogens with zero attached hydrogens (tertiary/aromatic N) is 2. The molecule has 2 aliphatic rings. The molecule has 1 aromatic rings. The predicted molar refractivity (Wildman–Crippen MR) is 92.0 cm³/mol. The number of carbonyl (C=O) groups is 3. The number of methoxy groups -OCH3 is 1. The van der Waals surface area contributed by atoms with Crippen LogP contribution in [0.2, 0.25) is 0 Å².